The largest absolute Gasteiger partial charge is 0.497 e. The van der Waals surface area contributed by atoms with Gasteiger partial charge in [-0.25, -0.2) is 4.98 Å². The van der Waals surface area contributed by atoms with Gasteiger partial charge < -0.3 is 9.47 Å². The predicted octanol–water partition coefficient (Wildman–Crippen LogP) is 6.25. The summed E-state index contributed by atoms with van der Waals surface area (Å²) < 4.78 is 13.1. The second kappa shape index (κ2) is 10.6. The lowest BCUT2D eigenvalue weighted by Gasteiger charge is -2.15. The number of hydrogen-bond donors (Lipinski definition) is 0. The number of ether oxygens (including phenoxy) is 2. The Morgan fingerprint density at radius 1 is 0.912 bits per heavy atom. The molecule has 5 nitrogen and oxygen atoms in total. The van der Waals surface area contributed by atoms with Crippen LogP contribution >= 0.6 is 0 Å². The van der Waals surface area contributed by atoms with Crippen molar-refractivity contribution in [3.63, 3.8) is 0 Å². The number of para-hydroxylation sites is 1. The molecular weight excluding hydrogens is 424 g/mol. The van der Waals surface area contributed by atoms with Crippen molar-refractivity contribution in [2.75, 3.05) is 13.7 Å². The summed E-state index contributed by atoms with van der Waals surface area (Å²) in [5.41, 5.74) is 5.28. The molecule has 0 unspecified atom stereocenters. The molecule has 1 heterocycles. The number of hydrogen-bond acceptors (Lipinski definition) is 4. The molecule has 0 N–H and O–H groups in total. The van der Waals surface area contributed by atoms with Gasteiger partial charge in [0.25, 0.3) is 5.56 Å². The highest BCUT2D eigenvalue weighted by Crippen LogP contribution is 2.24. The van der Waals surface area contributed by atoms with Crippen LogP contribution in [0.15, 0.2) is 65.5 Å². The Morgan fingerprint density at radius 3 is 2.44 bits per heavy atom. The summed E-state index contributed by atoms with van der Waals surface area (Å²) in [7, 11) is 1.64. The molecule has 0 aliphatic carbocycles. The van der Waals surface area contributed by atoms with Gasteiger partial charge in [0.15, 0.2) is 0 Å². The minimum atomic E-state index is -0.00136. The van der Waals surface area contributed by atoms with E-state index in [0.29, 0.717) is 29.9 Å². The van der Waals surface area contributed by atoms with E-state index in [9.17, 15) is 4.79 Å². The zero-order valence-corrected chi connectivity index (χ0v) is 20.4. The molecule has 0 saturated carbocycles. The van der Waals surface area contributed by atoms with E-state index >= 15 is 0 Å². The minimum Gasteiger partial charge on any atom is -0.497 e. The van der Waals surface area contributed by atoms with Crippen LogP contribution in [0, 0.1) is 20.8 Å². The number of aryl methyl sites for hydroxylation is 2. The summed E-state index contributed by atoms with van der Waals surface area (Å²) in [4.78, 5) is 18.2. The summed E-state index contributed by atoms with van der Waals surface area (Å²) >= 11 is 0. The highest BCUT2D eigenvalue weighted by molar-refractivity contribution is 5.79. The van der Waals surface area contributed by atoms with Crippen LogP contribution in [0.5, 0.6) is 11.5 Å². The fourth-order valence-corrected chi connectivity index (χ4v) is 4.22. The van der Waals surface area contributed by atoms with Crippen molar-refractivity contribution in [2.24, 2.45) is 0 Å². The monoisotopic (exact) mass is 456 g/mol. The van der Waals surface area contributed by atoms with Gasteiger partial charge in [0.2, 0.25) is 0 Å². The van der Waals surface area contributed by atoms with Gasteiger partial charge in [-0.15, -0.1) is 0 Å². The van der Waals surface area contributed by atoms with Crippen LogP contribution in [0.25, 0.3) is 22.3 Å². The van der Waals surface area contributed by atoms with Gasteiger partial charge in [-0.2, -0.15) is 0 Å². The van der Waals surface area contributed by atoms with Crippen molar-refractivity contribution in [3.05, 3.63) is 87.7 Å². The third-order valence-corrected chi connectivity index (χ3v) is 6.26. The van der Waals surface area contributed by atoms with Gasteiger partial charge in [0.05, 0.1) is 24.6 Å². The Morgan fingerprint density at radius 2 is 1.68 bits per heavy atom. The minimum absolute atomic E-state index is 0.00136. The summed E-state index contributed by atoms with van der Waals surface area (Å²) in [5, 5.41) is 0.647. The second-order valence-electron chi connectivity index (χ2n) is 8.75. The Bertz CT molecular complexity index is 1340. The maximum Gasteiger partial charge on any atom is 0.261 e. The van der Waals surface area contributed by atoms with Crippen molar-refractivity contribution >= 4 is 10.9 Å². The van der Waals surface area contributed by atoms with Crippen molar-refractivity contribution in [2.45, 2.75) is 46.6 Å². The number of benzene rings is 3. The van der Waals surface area contributed by atoms with Gasteiger partial charge in [0, 0.05) is 12.1 Å². The van der Waals surface area contributed by atoms with E-state index < -0.39 is 0 Å². The van der Waals surface area contributed by atoms with E-state index in [1.165, 1.54) is 16.7 Å². The molecular formula is C29H32N2O3. The van der Waals surface area contributed by atoms with Crippen LogP contribution in [-0.2, 0) is 6.54 Å². The molecule has 0 atom stereocenters. The fourth-order valence-electron chi connectivity index (χ4n) is 4.22. The Balaban J connectivity index is 1.47. The number of nitrogens with zero attached hydrogens (tertiary/aromatic N) is 2. The molecule has 0 radical (unpaired) electrons. The molecule has 0 bridgehead atoms. The van der Waals surface area contributed by atoms with E-state index in [-0.39, 0.29) is 5.56 Å². The van der Waals surface area contributed by atoms with Gasteiger partial charge in [-0.3, -0.25) is 9.36 Å². The zero-order chi connectivity index (χ0) is 24.1. The molecule has 4 rings (SSSR count). The van der Waals surface area contributed by atoms with Crippen molar-refractivity contribution in [1.82, 2.24) is 9.55 Å². The first-order valence-electron chi connectivity index (χ1n) is 11.8. The molecule has 34 heavy (non-hydrogen) atoms. The molecule has 1 aromatic heterocycles. The molecule has 5 heteroatoms. The molecule has 0 saturated heterocycles. The number of rotatable bonds is 9. The maximum absolute atomic E-state index is 13.3. The highest BCUT2D eigenvalue weighted by atomic mass is 16.5. The normalized spacial score (nSPS) is 11.1. The first kappa shape index (κ1) is 23.6. The summed E-state index contributed by atoms with van der Waals surface area (Å²) in [6, 6.07) is 19.5. The summed E-state index contributed by atoms with van der Waals surface area (Å²) in [5.74, 6) is 2.43. The lowest BCUT2D eigenvalue weighted by molar-refractivity contribution is 0.301. The van der Waals surface area contributed by atoms with Crippen molar-refractivity contribution in [1.29, 1.82) is 0 Å². The van der Waals surface area contributed by atoms with Crippen LogP contribution in [0.2, 0.25) is 0 Å². The van der Waals surface area contributed by atoms with Crippen LogP contribution in [0.1, 0.15) is 36.0 Å². The molecule has 3 aromatic carbocycles. The maximum atomic E-state index is 13.3. The van der Waals surface area contributed by atoms with Gasteiger partial charge in [-0.05, 0) is 99.2 Å². The lowest BCUT2D eigenvalue weighted by atomic mass is 10.1. The summed E-state index contributed by atoms with van der Waals surface area (Å²) in [6.45, 7) is 7.59. The van der Waals surface area contributed by atoms with Crippen LogP contribution in [0.4, 0.5) is 0 Å². The smallest absolute Gasteiger partial charge is 0.261 e. The molecule has 0 amide bonds. The quantitative estimate of drug-likeness (QED) is 0.280. The lowest BCUT2D eigenvalue weighted by Crippen LogP contribution is -2.23. The topological polar surface area (TPSA) is 53.3 Å². The highest BCUT2D eigenvalue weighted by Gasteiger charge is 2.13. The predicted molar refractivity (Wildman–Crippen MR) is 138 cm³/mol. The Kier molecular flexibility index (Phi) is 7.31. The average Bonchev–Trinajstić information content (AvgIpc) is 2.85. The van der Waals surface area contributed by atoms with Crippen LogP contribution in [-0.4, -0.2) is 23.3 Å². The number of unbranched alkanes of at least 4 members (excludes halogenated alkanes) is 2. The first-order chi connectivity index (χ1) is 16.5. The van der Waals surface area contributed by atoms with Gasteiger partial charge in [-0.1, -0.05) is 18.2 Å². The Hall–Kier alpha value is -3.60. The standard InChI is InChI=1S/C29H32N2O3/c1-20-18-21(2)22(3)27(19-20)34-17-9-5-8-16-31-28(23-12-14-24(33-4)15-13-23)30-26-11-7-6-10-25(26)29(31)32/h6-7,10-15,18-19H,5,8-9,16-17H2,1-4H3. The first-order valence-corrected chi connectivity index (χ1v) is 11.8. The third kappa shape index (κ3) is 5.14. The molecule has 0 aliphatic rings. The summed E-state index contributed by atoms with van der Waals surface area (Å²) in [6.07, 6.45) is 2.77. The average molecular weight is 457 g/mol. The van der Waals surface area contributed by atoms with Crippen LogP contribution < -0.4 is 15.0 Å². The van der Waals surface area contributed by atoms with Gasteiger partial charge >= 0.3 is 0 Å². The molecule has 0 aliphatic heterocycles. The number of methoxy groups -OCH3 is 1. The number of aromatic nitrogens is 2. The van der Waals surface area contributed by atoms with Crippen molar-refractivity contribution < 1.29 is 9.47 Å². The molecule has 4 aromatic rings. The molecule has 176 valence electrons. The van der Waals surface area contributed by atoms with E-state index in [0.717, 1.165) is 36.3 Å². The van der Waals surface area contributed by atoms with E-state index in [4.69, 9.17) is 14.5 Å². The second-order valence-corrected chi connectivity index (χ2v) is 8.75. The van der Waals surface area contributed by atoms with Crippen molar-refractivity contribution in [3.8, 4) is 22.9 Å². The van der Waals surface area contributed by atoms with Crippen LogP contribution in [0.3, 0.4) is 0 Å². The molecule has 0 fully saturated rings. The Labute approximate surface area is 201 Å². The fraction of sp³-hybridized carbons (Fsp3) is 0.310. The molecule has 0 spiro atoms. The SMILES string of the molecule is COc1ccc(-c2nc3ccccc3c(=O)n2CCCCCOc2cc(C)cc(C)c2C)cc1. The number of fused-ring (bicyclic) bond motifs is 1. The van der Waals surface area contributed by atoms with Gasteiger partial charge in [0.1, 0.15) is 17.3 Å². The third-order valence-electron chi connectivity index (χ3n) is 6.26. The zero-order valence-electron chi connectivity index (χ0n) is 20.4. The van der Waals surface area contributed by atoms with E-state index in [2.05, 4.69) is 32.9 Å². The van der Waals surface area contributed by atoms with E-state index in [1.807, 2.05) is 48.5 Å². The van der Waals surface area contributed by atoms with E-state index in [1.54, 1.807) is 11.7 Å².